The van der Waals surface area contributed by atoms with Crippen LogP contribution in [0.5, 0.6) is 0 Å². The minimum Gasteiger partial charge on any atom is -0.466 e. The molecular formula is C54H98N2O5. The summed E-state index contributed by atoms with van der Waals surface area (Å²) in [4.78, 5) is 43.0. The summed E-state index contributed by atoms with van der Waals surface area (Å²) in [6.07, 6.45) is 52.2. The highest BCUT2D eigenvalue weighted by Crippen LogP contribution is 2.21. The highest BCUT2D eigenvalue weighted by atomic mass is 16.5. The molecule has 0 saturated heterocycles. The van der Waals surface area contributed by atoms with E-state index in [4.69, 9.17) is 9.47 Å². The number of rotatable bonds is 45. The number of unbranched alkanes of at least 4 members (excludes halogenated alkanes) is 18. The third-order valence-corrected chi connectivity index (χ3v) is 11.4. The first kappa shape index (κ1) is 58.3. The second-order valence-corrected chi connectivity index (χ2v) is 17.6. The Morgan fingerprint density at radius 3 is 1.36 bits per heavy atom. The van der Waals surface area contributed by atoms with Gasteiger partial charge in [-0.1, -0.05) is 185 Å². The summed E-state index contributed by atoms with van der Waals surface area (Å²) < 4.78 is 11.4. The number of amides is 1. The van der Waals surface area contributed by atoms with Gasteiger partial charge in [0.1, 0.15) is 0 Å². The quantitative estimate of drug-likeness (QED) is 0.0345. The largest absolute Gasteiger partial charge is 0.466 e. The maximum atomic E-state index is 13.3. The number of carbonyl (C=O) groups is 3. The molecule has 0 fully saturated rings. The van der Waals surface area contributed by atoms with Gasteiger partial charge in [-0.05, 0) is 97.7 Å². The van der Waals surface area contributed by atoms with Crippen molar-refractivity contribution in [2.75, 3.05) is 46.9 Å². The fourth-order valence-electron chi connectivity index (χ4n) is 7.48. The fourth-order valence-corrected chi connectivity index (χ4v) is 7.48. The van der Waals surface area contributed by atoms with Crippen molar-refractivity contribution in [1.82, 2.24) is 9.80 Å². The Labute approximate surface area is 378 Å². The maximum absolute atomic E-state index is 13.3. The van der Waals surface area contributed by atoms with E-state index >= 15 is 0 Å². The minimum atomic E-state index is -0.180. The van der Waals surface area contributed by atoms with Crippen LogP contribution in [0, 0.1) is 5.92 Å². The van der Waals surface area contributed by atoms with Crippen LogP contribution in [0.15, 0.2) is 48.6 Å². The van der Waals surface area contributed by atoms with Crippen molar-refractivity contribution in [3.63, 3.8) is 0 Å². The van der Waals surface area contributed by atoms with E-state index < -0.39 is 0 Å². The predicted molar refractivity (Wildman–Crippen MR) is 262 cm³/mol. The van der Waals surface area contributed by atoms with Crippen LogP contribution >= 0.6 is 0 Å². The highest BCUT2D eigenvalue weighted by molar-refractivity contribution is 5.76. The Bertz CT molecular complexity index is 1090. The number of carbonyl (C=O) groups excluding carboxylic acids is 3. The summed E-state index contributed by atoms with van der Waals surface area (Å²) in [5.74, 6) is -0.141. The molecule has 0 rings (SSSR count). The van der Waals surface area contributed by atoms with Gasteiger partial charge in [0, 0.05) is 25.9 Å². The molecule has 354 valence electrons. The molecule has 0 bridgehead atoms. The maximum Gasteiger partial charge on any atom is 0.308 e. The van der Waals surface area contributed by atoms with E-state index in [9.17, 15) is 14.4 Å². The monoisotopic (exact) mass is 855 g/mol. The number of esters is 2. The smallest absolute Gasteiger partial charge is 0.308 e. The lowest BCUT2D eigenvalue weighted by Crippen LogP contribution is -2.34. The van der Waals surface area contributed by atoms with Gasteiger partial charge in [0.25, 0.3) is 0 Å². The second kappa shape index (κ2) is 46.8. The molecule has 0 atom stereocenters. The van der Waals surface area contributed by atoms with E-state index in [0.29, 0.717) is 52.0 Å². The molecule has 0 aromatic carbocycles. The Balaban J connectivity index is 4.64. The number of nitrogens with zero attached hydrogens (tertiary/aromatic N) is 2. The molecule has 7 heteroatoms. The average molecular weight is 855 g/mol. The van der Waals surface area contributed by atoms with E-state index in [1.165, 1.54) is 116 Å². The summed E-state index contributed by atoms with van der Waals surface area (Å²) in [6, 6.07) is 0. The van der Waals surface area contributed by atoms with Gasteiger partial charge in [-0.15, -0.1) is 0 Å². The molecule has 0 unspecified atom stereocenters. The van der Waals surface area contributed by atoms with Crippen molar-refractivity contribution >= 4 is 17.8 Å². The lowest BCUT2D eigenvalue weighted by atomic mass is 9.94. The summed E-state index contributed by atoms with van der Waals surface area (Å²) >= 11 is 0. The SMILES string of the molecule is CCCCC/C=C\C/C=C\C/C=C\C/C=C\CCCC(=O)OCCCN(CCCOC(=O)C(CCCCCCCCCC)CCCCCCCCCC)C(=O)CCCN(C)C. The molecular weight excluding hydrogens is 757 g/mol. The zero-order valence-corrected chi connectivity index (χ0v) is 40.8. The van der Waals surface area contributed by atoms with E-state index in [-0.39, 0.29) is 23.8 Å². The fraction of sp³-hybridized carbons (Fsp3) is 0.796. The normalized spacial score (nSPS) is 12.0. The first-order chi connectivity index (χ1) is 29.8. The first-order valence-electron chi connectivity index (χ1n) is 25.7. The first-order valence-corrected chi connectivity index (χ1v) is 25.7. The highest BCUT2D eigenvalue weighted by Gasteiger charge is 2.20. The van der Waals surface area contributed by atoms with Crippen molar-refractivity contribution in [1.29, 1.82) is 0 Å². The van der Waals surface area contributed by atoms with Crippen molar-refractivity contribution in [2.24, 2.45) is 5.92 Å². The molecule has 0 aliphatic carbocycles. The zero-order valence-electron chi connectivity index (χ0n) is 40.8. The molecule has 1 amide bonds. The van der Waals surface area contributed by atoms with Gasteiger partial charge in [0.05, 0.1) is 19.1 Å². The van der Waals surface area contributed by atoms with Crippen LogP contribution in [0.25, 0.3) is 0 Å². The van der Waals surface area contributed by atoms with Crippen molar-refractivity contribution in [3.05, 3.63) is 48.6 Å². The van der Waals surface area contributed by atoms with Crippen LogP contribution < -0.4 is 0 Å². The Hall–Kier alpha value is -2.67. The van der Waals surface area contributed by atoms with Crippen LogP contribution in [-0.4, -0.2) is 74.6 Å². The Morgan fingerprint density at radius 1 is 0.443 bits per heavy atom. The summed E-state index contributed by atoms with van der Waals surface area (Å²) in [5.41, 5.74) is 0. The van der Waals surface area contributed by atoms with Crippen molar-refractivity contribution in [3.8, 4) is 0 Å². The number of ether oxygens (including phenoxy) is 2. The summed E-state index contributed by atoms with van der Waals surface area (Å²) in [6.45, 7) is 9.32. The molecule has 0 heterocycles. The molecule has 0 aliphatic heterocycles. The van der Waals surface area contributed by atoms with Crippen molar-refractivity contribution < 1.29 is 23.9 Å². The predicted octanol–water partition coefficient (Wildman–Crippen LogP) is 14.8. The third-order valence-electron chi connectivity index (χ3n) is 11.4. The van der Waals surface area contributed by atoms with Crippen LogP contribution in [0.1, 0.15) is 226 Å². The number of allylic oxidation sites excluding steroid dienone is 8. The molecule has 0 aromatic rings. The molecule has 0 saturated carbocycles. The molecule has 0 radical (unpaired) electrons. The third kappa shape index (κ3) is 42.4. The van der Waals surface area contributed by atoms with Gasteiger partial charge in [-0.2, -0.15) is 0 Å². The van der Waals surface area contributed by atoms with Crippen LogP contribution in [-0.2, 0) is 23.9 Å². The van der Waals surface area contributed by atoms with Crippen molar-refractivity contribution in [2.45, 2.75) is 226 Å². The zero-order chi connectivity index (χ0) is 44.7. The Kier molecular flexibility index (Phi) is 44.8. The van der Waals surface area contributed by atoms with E-state index in [1.807, 2.05) is 19.0 Å². The molecule has 7 nitrogen and oxygen atoms in total. The van der Waals surface area contributed by atoms with Gasteiger partial charge >= 0.3 is 11.9 Å². The van der Waals surface area contributed by atoms with E-state index in [2.05, 4.69) is 74.3 Å². The summed E-state index contributed by atoms with van der Waals surface area (Å²) in [7, 11) is 4.04. The molecule has 0 aliphatic rings. The molecule has 0 aromatic heterocycles. The van der Waals surface area contributed by atoms with Crippen LogP contribution in [0.3, 0.4) is 0 Å². The second-order valence-electron chi connectivity index (χ2n) is 17.6. The van der Waals surface area contributed by atoms with E-state index in [1.54, 1.807) is 0 Å². The standard InChI is InChI=1S/C54H98N2O5/c1-6-9-12-15-18-21-22-23-24-25-26-27-28-29-32-35-38-45-53(58)60-49-40-47-56(52(57)44-39-46-55(4)5)48-41-50-61-54(59)51(42-36-33-30-19-16-13-10-7-2)43-37-34-31-20-17-14-11-8-3/h18,21,23-24,26-27,29,32,51H,6-17,19-20,22,25,28,30-31,33-50H2,1-5H3/b21-18-,24-23-,27-26-,32-29-. The minimum absolute atomic E-state index is 0.0212. The lowest BCUT2D eigenvalue weighted by Gasteiger charge is -2.23. The Morgan fingerprint density at radius 2 is 0.869 bits per heavy atom. The van der Waals surface area contributed by atoms with E-state index in [0.717, 1.165) is 70.8 Å². The molecule has 0 N–H and O–H groups in total. The topological polar surface area (TPSA) is 76.1 Å². The van der Waals surface area contributed by atoms with Gasteiger partial charge in [0.15, 0.2) is 0 Å². The number of hydrogen-bond acceptors (Lipinski definition) is 6. The molecule has 61 heavy (non-hydrogen) atoms. The van der Waals surface area contributed by atoms with Gasteiger partial charge in [-0.3, -0.25) is 14.4 Å². The van der Waals surface area contributed by atoms with Crippen LogP contribution in [0.4, 0.5) is 0 Å². The summed E-state index contributed by atoms with van der Waals surface area (Å²) in [5, 5.41) is 0. The van der Waals surface area contributed by atoms with Crippen LogP contribution in [0.2, 0.25) is 0 Å². The average Bonchev–Trinajstić information content (AvgIpc) is 3.24. The lowest BCUT2D eigenvalue weighted by molar-refractivity contribution is -0.149. The van der Waals surface area contributed by atoms with Gasteiger partial charge in [-0.25, -0.2) is 0 Å². The van der Waals surface area contributed by atoms with Gasteiger partial charge < -0.3 is 19.3 Å². The molecule has 0 spiro atoms. The van der Waals surface area contributed by atoms with Gasteiger partial charge in [0.2, 0.25) is 5.91 Å². The number of hydrogen-bond donors (Lipinski definition) is 0.